The van der Waals surface area contributed by atoms with Gasteiger partial charge in [0.1, 0.15) is 17.6 Å². The minimum atomic E-state index is -0.360. The van der Waals surface area contributed by atoms with Crippen LogP contribution in [0.15, 0.2) is 70.4 Å². The number of carbonyl (C=O) groups excluding carboxylic acids is 1. The summed E-state index contributed by atoms with van der Waals surface area (Å²) in [6.45, 7) is -0.241. The third-order valence-electron chi connectivity index (χ3n) is 4.46. The van der Waals surface area contributed by atoms with Crippen molar-refractivity contribution in [1.82, 2.24) is 5.01 Å². The molecule has 0 bridgehead atoms. The van der Waals surface area contributed by atoms with Crippen LogP contribution < -0.4 is 4.74 Å². The molecule has 0 unspecified atom stereocenters. The largest absolute Gasteiger partial charge is 0.482 e. The van der Waals surface area contributed by atoms with Crippen molar-refractivity contribution in [1.29, 1.82) is 0 Å². The fraction of sp³-hybridized carbons (Fsp3) is 0.143. The van der Waals surface area contributed by atoms with Crippen LogP contribution in [0.4, 0.5) is 0 Å². The van der Waals surface area contributed by atoms with Crippen LogP contribution in [0, 0.1) is 0 Å². The average molecular weight is 450 g/mol. The van der Waals surface area contributed by atoms with Crippen molar-refractivity contribution in [3.05, 3.63) is 87.3 Å². The molecule has 148 valence electrons. The van der Waals surface area contributed by atoms with E-state index in [-0.39, 0.29) is 18.6 Å². The van der Waals surface area contributed by atoms with Crippen LogP contribution in [0.3, 0.4) is 0 Å². The van der Waals surface area contributed by atoms with E-state index in [2.05, 4.69) is 5.10 Å². The third-order valence-corrected chi connectivity index (χ3v) is 5.26. The Hall–Kier alpha value is -2.47. The number of carbonyl (C=O) groups is 1. The van der Waals surface area contributed by atoms with Gasteiger partial charge >= 0.3 is 0 Å². The van der Waals surface area contributed by atoms with Crippen LogP contribution in [0.1, 0.15) is 23.8 Å². The van der Waals surface area contributed by atoms with E-state index in [1.807, 2.05) is 18.2 Å². The molecule has 0 spiro atoms. The van der Waals surface area contributed by atoms with Crippen molar-refractivity contribution in [2.75, 3.05) is 6.61 Å². The van der Waals surface area contributed by atoms with Crippen molar-refractivity contribution >= 4 is 46.4 Å². The average Bonchev–Trinajstić information content (AvgIpc) is 3.38. The van der Waals surface area contributed by atoms with Gasteiger partial charge in [-0.2, -0.15) is 5.10 Å². The molecular weight excluding hydrogens is 435 g/mol. The zero-order chi connectivity index (χ0) is 20.4. The highest BCUT2D eigenvalue weighted by atomic mass is 35.5. The van der Waals surface area contributed by atoms with Gasteiger partial charge < -0.3 is 9.15 Å². The van der Waals surface area contributed by atoms with Gasteiger partial charge in [-0.25, -0.2) is 5.01 Å². The van der Waals surface area contributed by atoms with Crippen molar-refractivity contribution in [3.63, 3.8) is 0 Å². The molecule has 2 aromatic carbocycles. The molecule has 1 aliphatic rings. The molecule has 0 N–H and O–H groups in total. The van der Waals surface area contributed by atoms with Gasteiger partial charge in [0.05, 0.1) is 17.0 Å². The molecule has 0 saturated carbocycles. The maximum atomic E-state index is 12.9. The number of rotatable bonds is 5. The molecule has 29 heavy (non-hydrogen) atoms. The SMILES string of the molecule is O=C(COc1cc(Cl)ccc1Cl)N1N=C(c2ccc(Cl)cc2)C[C@@H]1c1ccco1. The lowest BCUT2D eigenvalue weighted by Gasteiger charge is -2.20. The fourth-order valence-electron chi connectivity index (χ4n) is 3.05. The number of halogens is 3. The van der Waals surface area contributed by atoms with E-state index in [0.717, 1.165) is 11.3 Å². The second kappa shape index (κ2) is 8.49. The monoisotopic (exact) mass is 448 g/mol. The number of hydrazone groups is 1. The van der Waals surface area contributed by atoms with Gasteiger partial charge in [-0.05, 0) is 42.0 Å². The third kappa shape index (κ3) is 4.42. The summed E-state index contributed by atoms with van der Waals surface area (Å²) in [5, 5.41) is 7.40. The first-order valence-corrected chi connectivity index (χ1v) is 9.91. The van der Waals surface area contributed by atoms with Crippen LogP contribution in [-0.4, -0.2) is 23.2 Å². The predicted octanol–water partition coefficient (Wildman–Crippen LogP) is 6.00. The summed E-state index contributed by atoms with van der Waals surface area (Å²) in [5.41, 5.74) is 1.65. The van der Waals surface area contributed by atoms with Crippen LogP contribution in [0.2, 0.25) is 15.1 Å². The van der Waals surface area contributed by atoms with Crippen LogP contribution in [0.5, 0.6) is 5.75 Å². The molecule has 8 heteroatoms. The zero-order valence-electron chi connectivity index (χ0n) is 15.0. The standard InChI is InChI=1S/C21H15Cl3N2O3/c22-14-5-3-13(4-6-14)17-11-18(19-2-1-9-28-19)26(25-17)21(27)12-29-20-10-15(23)7-8-16(20)24/h1-10,18H,11-12H2/t18-/m1/s1. The molecule has 0 aliphatic carbocycles. The Morgan fingerprint density at radius 3 is 2.59 bits per heavy atom. The second-order valence-corrected chi connectivity index (χ2v) is 7.67. The van der Waals surface area contributed by atoms with E-state index in [1.54, 1.807) is 42.7 Å². The summed E-state index contributed by atoms with van der Waals surface area (Å²) < 4.78 is 11.1. The predicted molar refractivity (Wildman–Crippen MR) is 113 cm³/mol. The molecule has 3 aromatic rings. The first-order chi connectivity index (χ1) is 14.0. The summed E-state index contributed by atoms with van der Waals surface area (Å²) in [5.74, 6) is 0.654. The number of benzene rings is 2. The molecule has 4 rings (SSSR count). The fourth-order valence-corrected chi connectivity index (χ4v) is 3.51. The van der Waals surface area contributed by atoms with E-state index in [4.69, 9.17) is 44.0 Å². The van der Waals surface area contributed by atoms with E-state index >= 15 is 0 Å². The van der Waals surface area contributed by atoms with Gasteiger partial charge in [-0.3, -0.25) is 4.79 Å². The van der Waals surface area contributed by atoms with E-state index in [9.17, 15) is 4.79 Å². The van der Waals surface area contributed by atoms with E-state index < -0.39 is 0 Å². The highest BCUT2D eigenvalue weighted by Crippen LogP contribution is 2.34. The van der Waals surface area contributed by atoms with Crippen molar-refractivity contribution < 1.29 is 13.9 Å². The molecule has 1 atom stereocenters. The van der Waals surface area contributed by atoms with E-state index in [1.165, 1.54) is 5.01 Å². The number of nitrogens with zero attached hydrogens (tertiary/aromatic N) is 2. The molecule has 0 radical (unpaired) electrons. The maximum Gasteiger partial charge on any atom is 0.281 e. The minimum absolute atomic E-state index is 0.241. The van der Waals surface area contributed by atoms with Crippen LogP contribution in [-0.2, 0) is 4.79 Å². The molecule has 5 nitrogen and oxygen atoms in total. The second-order valence-electron chi connectivity index (χ2n) is 6.39. The zero-order valence-corrected chi connectivity index (χ0v) is 17.3. The van der Waals surface area contributed by atoms with Gasteiger partial charge in [-0.15, -0.1) is 0 Å². The molecule has 2 heterocycles. The summed E-state index contributed by atoms with van der Waals surface area (Å²) in [4.78, 5) is 12.9. The lowest BCUT2D eigenvalue weighted by atomic mass is 10.0. The Morgan fingerprint density at radius 2 is 1.86 bits per heavy atom. The molecular formula is C21H15Cl3N2O3. The highest BCUT2D eigenvalue weighted by molar-refractivity contribution is 6.34. The number of furan rings is 1. The van der Waals surface area contributed by atoms with Crippen LogP contribution >= 0.6 is 34.8 Å². The van der Waals surface area contributed by atoms with Gasteiger partial charge in [-0.1, -0.05) is 46.9 Å². The number of ether oxygens (including phenoxy) is 1. The lowest BCUT2D eigenvalue weighted by Crippen LogP contribution is -2.31. The van der Waals surface area contributed by atoms with Gasteiger partial charge in [0, 0.05) is 22.5 Å². The number of hydrogen-bond donors (Lipinski definition) is 0. The Bertz CT molecular complexity index is 1050. The van der Waals surface area contributed by atoms with Gasteiger partial charge in [0.15, 0.2) is 6.61 Å². The van der Waals surface area contributed by atoms with Crippen molar-refractivity contribution in [2.24, 2.45) is 5.10 Å². The first-order valence-electron chi connectivity index (χ1n) is 8.78. The molecule has 0 fully saturated rings. The quantitative estimate of drug-likeness (QED) is 0.480. The van der Waals surface area contributed by atoms with Crippen molar-refractivity contribution in [2.45, 2.75) is 12.5 Å². The van der Waals surface area contributed by atoms with Gasteiger partial charge in [0.2, 0.25) is 0 Å². The Morgan fingerprint density at radius 1 is 1.10 bits per heavy atom. The Labute approximate surface area is 182 Å². The summed E-state index contributed by atoms with van der Waals surface area (Å²) >= 11 is 18.0. The first kappa shape index (κ1) is 19.8. The Kier molecular flexibility index (Phi) is 5.81. The summed E-state index contributed by atoms with van der Waals surface area (Å²) in [6, 6.07) is 15.4. The maximum absolute atomic E-state index is 12.9. The molecule has 1 aliphatic heterocycles. The molecule has 0 saturated heterocycles. The molecule has 1 amide bonds. The number of hydrogen-bond acceptors (Lipinski definition) is 4. The smallest absolute Gasteiger partial charge is 0.281 e. The summed E-state index contributed by atoms with van der Waals surface area (Å²) in [6.07, 6.45) is 2.08. The Balaban J connectivity index is 1.56. The lowest BCUT2D eigenvalue weighted by molar-refractivity contribution is -0.135. The highest BCUT2D eigenvalue weighted by Gasteiger charge is 2.35. The minimum Gasteiger partial charge on any atom is -0.482 e. The van der Waals surface area contributed by atoms with Crippen LogP contribution in [0.25, 0.3) is 0 Å². The summed E-state index contributed by atoms with van der Waals surface area (Å²) in [7, 11) is 0. The normalized spacial score (nSPS) is 16.0. The topological polar surface area (TPSA) is 55.0 Å². The van der Waals surface area contributed by atoms with Gasteiger partial charge in [0.25, 0.3) is 5.91 Å². The number of amides is 1. The van der Waals surface area contributed by atoms with Crippen molar-refractivity contribution in [3.8, 4) is 5.75 Å². The molecule has 1 aromatic heterocycles. The van der Waals surface area contributed by atoms with E-state index in [0.29, 0.717) is 33.0 Å².